The summed E-state index contributed by atoms with van der Waals surface area (Å²) < 4.78 is 0. The van der Waals surface area contributed by atoms with E-state index in [0.717, 1.165) is 82.7 Å². The van der Waals surface area contributed by atoms with Crippen LogP contribution in [0.4, 0.5) is 11.6 Å². The van der Waals surface area contributed by atoms with Gasteiger partial charge in [0, 0.05) is 64.3 Å². The highest BCUT2D eigenvalue weighted by Gasteiger charge is 2.30. The van der Waals surface area contributed by atoms with Crippen LogP contribution >= 0.6 is 0 Å². The standard InChI is InChI=1S/C20H32N6O/c1-16-21-18(24-9-7-23(2)8-10-24)15-19(22-16)25-11-13-26(14-12-25)20(27)17-5-3-4-6-17/h15,17H,3-14H2,1-2H3. The number of hydrogen-bond acceptors (Lipinski definition) is 6. The van der Waals surface area contributed by atoms with E-state index in [9.17, 15) is 4.79 Å². The number of hydrogen-bond donors (Lipinski definition) is 0. The summed E-state index contributed by atoms with van der Waals surface area (Å²) in [6.45, 7) is 9.47. The molecule has 148 valence electrons. The van der Waals surface area contributed by atoms with Gasteiger partial charge in [-0.1, -0.05) is 12.8 Å². The molecule has 0 radical (unpaired) electrons. The number of rotatable bonds is 3. The number of anilines is 2. The van der Waals surface area contributed by atoms with Crippen LogP contribution in [0.3, 0.4) is 0 Å². The minimum Gasteiger partial charge on any atom is -0.354 e. The number of aromatic nitrogens is 2. The van der Waals surface area contributed by atoms with E-state index in [1.54, 1.807) is 0 Å². The number of nitrogens with zero attached hydrogens (tertiary/aromatic N) is 6. The van der Waals surface area contributed by atoms with E-state index in [-0.39, 0.29) is 5.92 Å². The molecule has 1 aromatic heterocycles. The first-order chi connectivity index (χ1) is 13.1. The van der Waals surface area contributed by atoms with E-state index in [0.29, 0.717) is 5.91 Å². The highest BCUT2D eigenvalue weighted by molar-refractivity contribution is 5.79. The van der Waals surface area contributed by atoms with Crippen molar-refractivity contribution in [2.75, 3.05) is 69.2 Å². The molecular weight excluding hydrogens is 340 g/mol. The van der Waals surface area contributed by atoms with Gasteiger partial charge >= 0.3 is 0 Å². The van der Waals surface area contributed by atoms with Gasteiger partial charge in [-0.05, 0) is 26.8 Å². The summed E-state index contributed by atoms with van der Waals surface area (Å²) in [7, 11) is 2.17. The Kier molecular flexibility index (Phi) is 5.48. The first-order valence-electron chi connectivity index (χ1n) is 10.4. The highest BCUT2D eigenvalue weighted by atomic mass is 16.2. The average Bonchev–Trinajstić information content (AvgIpc) is 3.22. The molecule has 2 aliphatic heterocycles. The molecule has 4 rings (SSSR count). The third-order valence-electron chi connectivity index (χ3n) is 6.26. The molecule has 0 bridgehead atoms. The van der Waals surface area contributed by atoms with Crippen molar-refractivity contribution in [2.45, 2.75) is 32.6 Å². The lowest BCUT2D eigenvalue weighted by Gasteiger charge is -2.37. The summed E-state index contributed by atoms with van der Waals surface area (Å²) in [5.74, 6) is 3.52. The Hall–Kier alpha value is -1.89. The van der Waals surface area contributed by atoms with Crippen molar-refractivity contribution < 1.29 is 4.79 Å². The van der Waals surface area contributed by atoms with Crippen LogP contribution in [0.15, 0.2) is 6.07 Å². The van der Waals surface area contributed by atoms with E-state index in [1.807, 2.05) is 6.92 Å². The van der Waals surface area contributed by atoms with Gasteiger partial charge < -0.3 is 19.6 Å². The molecule has 0 aromatic carbocycles. The van der Waals surface area contributed by atoms with E-state index >= 15 is 0 Å². The fraction of sp³-hybridized carbons (Fsp3) is 0.750. The molecule has 3 aliphatic rings. The second kappa shape index (κ2) is 8.00. The predicted molar refractivity (Wildman–Crippen MR) is 107 cm³/mol. The van der Waals surface area contributed by atoms with Gasteiger partial charge in [0.2, 0.25) is 5.91 Å². The molecule has 27 heavy (non-hydrogen) atoms. The molecule has 0 N–H and O–H groups in total. The van der Waals surface area contributed by atoms with Crippen LogP contribution in [0.25, 0.3) is 0 Å². The number of carbonyl (C=O) groups excluding carboxylic acids is 1. The van der Waals surface area contributed by atoms with Gasteiger partial charge in [0.1, 0.15) is 17.5 Å². The minimum atomic E-state index is 0.279. The summed E-state index contributed by atoms with van der Waals surface area (Å²) in [6.07, 6.45) is 4.59. The quantitative estimate of drug-likeness (QED) is 0.799. The SMILES string of the molecule is Cc1nc(N2CCN(C)CC2)cc(N2CCN(C(=O)C3CCCC3)CC2)n1. The average molecular weight is 373 g/mol. The van der Waals surface area contributed by atoms with Crippen molar-refractivity contribution in [3.8, 4) is 0 Å². The van der Waals surface area contributed by atoms with Gasteiger partial charge in [0.25, 0.3) is 0 Å². The smallest absolute Gasteiger partial charge is 0.225 e. The summed E-state index contributed by atoms with van der Waals surface area (Å²) in [5, 5.41) is 0. The van der Waals surface area contributed by atoms with Gasteiger partial charge in [0.05, 0.1) is 0 Å². The Morgan fingerprint density at radius 1 is 0.889 bits per heavy atom. The second-order valence-electron chi connectivity index (χ2n) is 8.22. The largest absolute Gasteiger partial charge is 0.354 e. The van der Waals surface area contributed by atoms with Crippen molar-refractivity contribution in [1.82, 2.24) is 19.8 Å². The zero-order valence-electron chi connectivity index (χ0n) is 16.7. The zero-order valence-corrected chi connectivity index (χ0v) is 16.7. The molecule has 1 saturated carbocycles. The molecule has 7 heteroatoms. The summed E-state index contributed by atoms with van der Waals surface area (Å²) >= 11 is 0. The van der Waals surface area contributed by atoms with E-state index in [2.05, 4.69) is 42.7 Å². The van der Waals surface area contributed by atoms with Crippen molar-refractivity contribution in [3.05, 3.63) is 11.9 Å². The molecule has 0 unspecified atom stereocenters. The van der Waals surface area contributed by atoms with Crippen LogP contribution in [0.1, 0.15) is 31.5 Å². The van der Waals surface area contributed by atoms with Gasteiger partial charge in [-0.3, -0.25) is 4.79 Å². The van der Waals surface area contributed by atoms with Crippen molar-refractivity contribution >= 4 is 17.5 Å². The highest BCUT2D eigenvalue weighted by Crippen LogP contribution is 2.27. The van der Waals surface area contributed by atoms with Crippen LogP contribution in [0, 0.1) is 12.8 Å². The predicted octanol–water partition coefficient (Wildman–Crippen LogP) is 1.38. The Morgan fingerprint density at radius 2 is 1.41 bits per heavy atom. The van der Waals surface area contributed by atoms with E-state index in [1.165, 1.54) is 12.8 Å². The summed E-state index contributed by atoms with van der Waals surface area (Å²) in [4.78, 5) is 31.1. The number of aryl methyl sites for hydroxylation is 1. The Balaban J connectivity index is 1.40. The van der Waals surface area contributed by atoms with Crippen LogP contribution < -0.4 is 9.80 Å². The van der Waals surface area contributed by atoms with Crippen LogP contribution in [0.5, 0.6) is 0 Å². The molecule has 7 nitrogen and oxygen atoms in total. The summed E-state index contributed by atoms with van der Waals surface area (Å²) in [5.41, 5.74) is 0. The second-order valence-corrected chi connectivity index (χ2v) is 8.22. The van der Waals surface area contributed by atoms with E-state index < -0.39 is 0 Å². The number of piperazine rings is 2. The van der Waals surface area contributed by atoms with Gasteiger partial charge in [-0.2, -0.15) is 0 Å². The summed E-state index contributed by atoms with van der Waals surface area (Å²) in [6, 6.07) is 2.13. The van der Waals surface area contributed by atoms with Crippen LogP contribution in [-0.2, 0) is 4.79 Å². The third kappa shape index (κ3) is 4.18. The van der Waals surface area contributed by atoms with Crippen molar-refractivity contribution in [1.29, 1.82) is 0 Å². The monoisotopic (exact) mass is 372 g/mol. The molecule has 0 spiro atoms. The number of amides is 1. The van der Waals surface area contributed by atoms with Crippen molar-refractivity contribution in [3.63, 3.8) is 0 Å². The molecule has 3 heterocycles. The molecule has 2 saturated heterocycles. The first kappa shape index (κ1) is 18.5. The lowest BCUT2D eigenvalue weighted by Crippen LogP contribution is -2.50. The fourth-order valence-electron chi connectivity index (χ4n) is 4.48. The number of carbonyl (C=O) groups is 1. The van der Waals surface area contributed by atoms with E-state index in [4.69, 9.17) is 0 Å². The van der Waals surface area contributed by atoms with Gasteiger partial charge in [-0.15, -0.1) is 0 Å². The first-order valence-corrected chi connectivity index (χ1v) is 10.4. The molecule has 3 fully saturated rings. The molecule has 0 atom stereocenters. The fourth-order valence-corrected chi connectivity index (χ4v) is 4.48. The van der Waals surface area contributed by atoms with Crippen LogP contribution in [0.2, 0.25) is 0 Å². The topological polar surface area (TPSA) is 55.8 Å². The zero-order chi connectivity index (χ0) is 18.8. The Labute approximate surface area is 162 Å². The Morgan fingerprint density at radius 3 is 1.96 bits per heavy atom. The maximum absolute atomic E-state index is 12.7. The molecule has 1 aliphatic carbocycles. The normalized spacial score (nSPS) is 22.5. The lowest BCUT2D eigenvalue weighted by molar-refractivity contribution is -0.135. The maximum Gasteiger partial charge on any atom is 0.225 e. The van der Waals surface area contributed by atoms with Gasteiger partial charge in [-0.25, -0.2) is 9.97 Å². The minimum absolute atomic E-state index is 0.279. The van der Waals surface area contributed by atoms with Crippen molar-refractivity contribution in [2.24, 2.45) is 5.92 Å². The molecule has 1 amide bonds. The molecular formula is C20H32N6O. The van der Waals surface area contributed by atoms with Crippen LogP contribution in [-0.4, -0.2) is 85.1 Å². The third-order valence-corrected chi connectivity index (χ3v) is 6.26. The maximum atomic E-state index is 12.7. The molecule has 1 aromatic rings. The number of likely N-dealkylation sites (N-methyl/N-ethyl adjacent to an activating group) is 1. The Bertz CT molecular complexity index is 658. The lowest BCUT2D eigenvalue weighted by atomic mass is 10.1. The van der Waals surface area contributed by atoms with Gasteiger partial charge in [0.15, 0.2) is 0 Å².